The zero-order chi connectivity index (χ0) is 22.4. The lowest BCUT2D eigenvalue weighted by atomic mass is 9.67. The standard InChI is InChI=1S/C32H23I/c1-22-16-17-24(21-31(22)33)23-18-19-28-27-14-8-9-15-29(27)32(30(28)20-23,25-10-4-2-5-11-25)26-12-6-3-7-13-26/h2-21H,1H3. The minimum atomic E-state index is -0.345. The van der Waals surface area contributed by atoms with Crippen molar-refractivity contribution in [3.8, 4) is 22.3 Å². The summed E-state index contributed by atoms with van der Waals surface area (Å²) in [6, 6.07) is 44.7. The minimum absolute atomic E-state index is 0.345. The van der Waals surface area contributed by atoms with Crippen LogP contribution < -0.4 is 0 Å². The molecule has 5 aromatic carbocycles. The lowest BCUT2D eigenvalue weighted by Crippen LogP contribution is -2.28. The summed E-state index contributed by atoms with van der Waals surface area (Å²) in [7, 11) is 0. The lowest BCUT2D eigenvalue weighted by molar-refractivity contribution is 0.769. The summed E-state index contributed by atoms with van der Waals surface area (Å²) in [6.07, 6.45) is 0. The maximum absolute atomic E-state index is 2.44. The van der Waals surface area contributed by atoms with Gasteiger partial charge in [0.05, 0.1) is 5.41 Å². The van der Waals surface area contributed by atoms with Gasteiger partial charge in [-0.3, -0.25) is 0 Å². The number of hydrogen-bond acceptors (Lipinski definition) is 0. The van der Waals surface area contributed by atoms with Crippen LogP contribution in [0.25, 0.3) is 22.3 Å². The van der Waals surface area contributed by atoms with Crippen molar-refractivity contribution in [2.75, 3.05) is 0 Å². The van der Waals surface area contributed by atoms with Crippen molar-refractivity contribution in [1.29, 1.82) is 0 Å². The van der Waals surface area contributed by atoms with E-state index in [0.717, 1.165) is 0 Å². The van der Waals surface area contributed by atoms with Crippen molar-refractivity contribution < 1.29 is 0 Å². The van der Waals surface area contributed by atoms with E-state index < -0.39 is 0 Å². The smallest absolute Gasteiger partial charge is 0.0622 e. The molecule has 0 saturated heterocycles. The van der Waals surface area contributed by atoms with Crippen LogP contribution in [0.1, 0.15) is 27.8 Å². The Morgan fingerprint density at radius 3 is 1.73 bits per heavy atom. The summed E-state index contributed by atoms with van der Waals surface area (Å²) >= 11 is 2.44. The Morgan fingerprint density at radius 2 is 1.06 bits per heavy atom. The first-order chi connectivity index (χ1) is 16.2. The second kappa shape index (κ2) is 8.00. The van der Waals surface area contributed by atoms with Gasteiger partial charge in [-0.15, -0.1) is 0 Å². The van der Waals surface area contributed by atoms with Crippen LogP contribution in [-0.2, 0) is 5.41 Å². The average Bonchev–Trinajstić information content (AvgIpc) is 3.17. The number of rotatable bonds is 3. The molecular formula is C32H23I. The summed E-state index contributed by atoms with van der Waals surface area (Å²) in [4.78, 5) is 0. The van der Waals surface area contributed by atoms with Gasteiger partial charge in [-0.25, -0.2) is 0 Å². The number of fused-ring (bicyclic) bond motifs is 3. The number of hydrogen-bond donors (Lipinski definition) is 0. The van der Waals surface area contributed by atoms with Gasteiger partial charge in [-0.1, -0.05) is 109 Å². The highest BCUT2D eigenvalue weighted by molar-refractivity contribution is 14.1. The van der Waals surface area contributed by atoms with Gasteiger partial charge in [0.1, 0.15) is 0 Å². The van der Waals surface area contributed by atoms with Crippen LogP contribution in [-0.4, -0.2) is 0 Å². The first kappa shape index (κ1) is 20.4. The fraction of sp³-hybridized carbons (Fsp3) is 0.0625. The molecule has 0 unspecified atom stereocenters. The molecule has 0 saturated carbocycles. The van der Waals surface area contributed by atoms with E-state index in [1.54, 1.807) is 0 Å². The third-order valence-electron chi connectivity index (χ3n) is 6.96. The monoisotopic (exact) mass is 534 g/mol. The molecule has 0 bridgehead atoms. The molecule has 0 amide bonds. The molecule has 0 spiro atoms. The SMILES string of the molecule is Cc1ccc(-c2ccc3c(c2)C(c2ccccc2)(c2ccccc2)c2ccccc2-3)cc1I. The zero-order valence-electron chi connectivity index (χ0n) is 18.4. The molecule has 0 nitrogen and oxygen atoms in total. The van der Waals surface area contributed by atoms with Crippen LogP contribution in [0, 0.1) is 10.5 Å². The molecule has 0 aliphatic heterocycles. The van der Waals surface area contributed by atoms with Gasteiger partial charge >= 0.3 is 0 Å². The van der Waals surface area contributed by atoms with Crippen LogP contribution >= 0.6 is 22.6 Å². The summed E-state index contributed by atoms with van der Waals surface area (Å²) in [5, 5.41) is 0. The van der Waals surface area contributed by atoms with E-state index in [2.05, 4.69) is 151 Å². The van der Waals surface area contributed by atoms with E-state index in [4.69, 9.17) is 0 Å². The highest BCUT2D eigenvalue weighted by atomic mass is 127. The van der Waals surface area contributed by atoms with Crippen molar-refractivity contribution >= 4 is 22.6 Å². The molecular weight excluding hydrogens is 511 g/mol. The number of aryl methyl sites for hydroxylation is 1. The molecule has 33 heavy (non-hydrogen) atoms. The van der Waals surface area contributed by atoms with Gasteiger partial charge in [0.25, 0.3) is 0 Å². The fourth-order valence-electron chi connectivity index (χ4n) is 5.40. The van der Waals surface area contributed by atoms with Gasteiger partial charge in [-0.05, 0) is 91.7 Å². The van der Waals surface area contributed by atoms with Gasteiger partial charge in [-0.2, -0.15) is 0 Å². The molecule has 158 valence electrons. The molecule has 1 heteroatoms. The maximum atomic E-state index is 2.44. The Kier molecular flexibility index (Phi) is 4.95. The van der Waals surface area contributed by atoms with Gasteiger partial charge < -0.3 is 0 Å². The van der Waals surface area contributed by atoms with E-state index >= 15 is 0 Å². The highest BCUT2D eigenvalue weighted by Crippen LogP contribution is 2.56. The van der Waals surface area contributed by atoms with Gasteiger partial charge in [0, 0.05) is 3.57 Å². The molecule has 0 N–H and O–H groups in total. The quantitative estimate of drug-likeness (QED) is 0.200. The second-order valence-electron chi connectivity index (χ2n) is 8.75. The molecule has 1 aliphatic rings. The van der Waals surface area contributed by atoms with Crippen LogP contribution in [0.4, 0.5) is 0 Å². The molecule has 5 aromatic rings. The Hall–Kier alpha value is -3.17. The largest absolute Gasteiger partial charge is 0.0713 e. The topological polar surface area (TPSA) is 0 Å². The molecule has 0 aromatic heterocycles. The van der Waals surface area contributed by atoms with Crippen LogP contribution in [0.2, 0.25) is 0 Å². The van der Waals surface area contributed by atoms with Crippen LogP contribution in [0.15, 0.2) is 121 Å². The maximum Gasteiger partial charge on any atom is 0.0713 e. The second-order valence-corrected chi connectivity index (χ2v) is 9.91. The Bertz CT molecular complexity index is 1430. The van der Waals surface area contributed by atoms with Crippen molar-refractivity contribution in [2.24, 2.45) is 0 Å². The van der Waals surface area contributed by atoms with E-state index in [-0.39, 0.29) is 5.41 Å². The Labute approximate surface area is 209 Å². The van der Waals surface area contributed by atoms with E-state index in [1.165, 1.54) is 53.6 Å². The molecule has 0 fully saturated rings. The molecule has 0 atom stereocenters. The summed E-state index contributed by atoms with van der Waals surface area (Å²) in [6.45, 7) is 2.17. The summed E-state index contributed by atoms with van der Waals surface area (Å²) in [5.41, 5.74) is 11.5. The average molecular weight is 534 g/mol. The van der Waals surface area contributed by atoms with E-state index in [0.29, 0.717) is 0 Å². The molecule has 0 radical (unpaired) electrons. The third kappa shape index (κ3) is 3.10. The first-order valence-electron chi connectivity index (χ1n) is 11.3. The predicted octanol–water partition coefficient (Wildman–Crippen LogP) is 8.63. The molecule has 0 heterocycles. The van der Waals surface area contributed by atoms with E-state index in [9.17, 15) is 0 Å². The number of halogens is 1. The lowest BCUT2D eigenvalue weighted by Gasteiger charge is -2.34. The van der Waals surface area contributed by atoms with Crippen molar-refractivity contribution in [3.63, 3.8) is 0 Å². The number of benzene rings is 5. The fourth-order valence-corrected chi connectivity index (χ4v) is 5.91. The van der Waals surface area contributed by atoms with Crippen molar-refractivity contribution in [3.05, 3.63) is 153 Å². The zero-order valence-corrected chi connectivity index (χ0v) is 20.6. The Morgan fingerprint density at radius 1 is 0.515 bits per heavy atom. The predicted molar refractivity (Wildman–Crippen MR) is 147 cm³/mol. The van der Waals surface area contributed by atoms with Crippen molar-refractivity contribution in [2.45, 2.75) is 12.3 Å². The normalized spacial score (nSPS) is 13.4. The van der Waals surface area contributed by atoms with Crippen LogP contribution in [0.3, 0.4) is 0 Å². The molecule has 1 aliphatic carbocycles. The molecule has 6 rings (SSSR count). The van der Waals surface area contributed by atoms with E-state index in [1.807, 2.05) is 0 Å². The summed E-state index contributed by atoms with van der Waals surface area (Å²) in [5.74, 6) is 0. The van der Waals surface area contributed by atoms with Crippen molar-refractivity contribution in [1.82, 2.24) is 0 Å². The highest BCUT2D eigenvalue weighted by Gasteiger charge is 2.45. The van der Waals surface area contributed by atoms with Gasteiger partial charge in [0.2, 0.25) is 0 Å². The third-order valence-corrected chi connectivity index (χ3v) is 8.13. The van der Waals surface area contributed by atoms with Gasteiger partial charge in [0.15, 0.2) is 0 Å². The Balaban J connectivity index is 1.71. The first-order valence-corrected chi connectivity index (χ1v) is 12.4. The summed E-state index contributed by atoms with van der Waals surface area (Å²) < 4.78 is 1.30. The van der Waals surface area contributed by atoms with Crippen LogP contribution in [0.5, 0.6) is 0 Å². The minimum Gasteiger partial charge on any atom is -0.0622 e.